The van der Waals surface area contributed by atoms with Gasteiger partial charge in [0.2, 0.25) is 0 Å². The van der Waals surface area contributed by atoms with Gasteiger partial charge < -0.3 is 4.42 Å². The third kappa shape index (κ3) is 7.37. The van der Waals surface area contributed by atoms with Gasteiger partial charge in [0.05, 0.1) is 0 Å². The summed E-state index contributed by atoms with van der Waals surface area (Å²) in [7, 11) is 0. The summed E-state index contributed by atoms with van der Waals surface area (Å²) in [5, 5.41) is 7.71. The summed E-state index contributed by atoms with van der Waals surface area (Å²) in [4.78, 5) is 0. The van der Waals surface area contributed by atoms with Gasteiger partial charge in [-0.1, -0.05) is 177 Å². The van der Waals surface area contributed by atoms with Crippen molar-refractivity contribution in [2.45, 2.75) is 138 Å². The molecule has 1 nitrogen and oxygen atoms in total. The number of benzene rings is 7. The molecule has 8 aromatic rings. The fourth-order valence-corrected chi connectivity index (χ4v) is 9.87. The van der Waals surface area contributed by atoms with Crippen molar-refractivity contribution in [2.75, 3.05) is 0 Å². The van der Waals surface area contributed by atoms with Gasteiger partial charge in [-0.3, -0.25) is 0 Å². The zero-order chi connectivity index (χ0) is 43.2. The van der Waals surface area contributed by atoms with Crippen molar-refractivity contribution in [2.24, 2.45) is 0 Å². The predicted molar refractivity (Wildman–Crippen MR) is 263 cm³/mol. The number of hydrogen-bond acceptors (Lipinski definition) is 1. The van der Waals surface area contributed by atoms with Crippen LogP contribution in [0.15, 0.2) is 114 Å². The number of hydrogen-bond donors (Lipinski definition) is 0. The fourth-order valence-electron chi connectivity index (χ4n) is 9.87. The van der Waals surface area contributed by atoms with Crippen LogP contribution in [0.3, 0.4) is 0 Å². The quantitative estimate of drug-likeness (QED) is 0.153. The van der Waals surface area contributed by atoms with Gasteiger partial charge in [0.1, 0.15) is 11.2 Å². The summed E-state index contributed by atoms with van der Waals surface area (Å²) in [6, 6.07) is 42.0. The normalized spacial score (nSPS) is 13.0. The van der Waals surface area contributed by atoms with Crippen molar-refractivity contribution in [1.82, 2.24) is 0 Å². The molecule has 1 aromatic heterocycles. The highest BCUT2D eigenvalue weighted by Gasteiger charge is 2.29. The topological polar surface area (TPSA) is 13.1 Å². The number of rotatable bonds is 6. The summed E-state index contributed by atoms with van der Waals surface area (Å²) in [6.45, 7) is 35.1. The van der Waals surface area contributed by atoms with Crippen molar-refractivity contribution in [3.63, 3.8) is 0 Å². The predicted octanol–water partition coefficient (Wildman–Crippen LogP) is 18.2. The zero-order valence-electron chi connectivity index (χ0n) is 39.0. The molecule has 60 heavy (non-hydrogen) atoms. The lowest BCUT2D eigenvalue weighted by molar-refractivity contribution is 0.590. The molecule has 0 aliphatic carbocycles. The molecule has 0 aliphatic rings. The Morgan fingerprint density at radius 3 is 1.17 bits per heavy atom. The second-order valence-electron chi connectivity index (χ2n) is 21.7. The molecule has 0 atom stereocenters. The summed E-state index contributed by atoms with van der Waals surface area (Å²) in [5.41, 5.74) is 17.9. The lowest BCUT2D eigenvalue weighted by atomic mass is 9.73. The average molecular weight is 791 g/mol. The van der Waals surface area contributed by atoms with Gasteiger partial charge in [-0.2, -0.15) is 0 Å². The molecule has 0 N–H and O–H groups in total. The minimum Gasteiger partial charge on any atom is -0.456 e. The second kappa shape index (κ2) is 14.8. The van der Waals surface area contributed by atoms with E-state index in [4.69, 9.17) is 4.42 Å². The van der Waals surface area contributed by atoms with Crippen molar-refractivity contribution in [1.29, 1.82) is 0 Å². The van der Waals surface area contributed by atoms with Crippen LogP contribution in [0.1, 0.15) is 155 Å². The second-order valence-corrected chi connectivity index (χ2v) is 21.7. The first-order valence-corrected chi connectivity index (χ1v) is 22.4. The Bertz CT molecular complexity index is 2920. The summed E-state index contributed by atoms with van der Waals surface area (Å²) < 4.78 is 6.43. The maximum atomic E-state index is 6.43. The van der Waals surface area contributed by atoms with Crippen LogP contribution in [-0.4, -0.2) is 0 Å². The van der Waals surface area contributed by atoms with E-state index in [9.17, 15) is 0 Å². The monoisotopic (exact) mass is 791 g/mol. The molecular formula is C59H66O. The number of furan rings is 1. The molecule has 0 saturated carbocycles. The molecule has 1 heteroatoms. The van der Waals surface area contributed by atoms with Gasteiger partial charge in [0.25, 0.3) is 0 Å². The van der Waals surface area contributed by atoms with Crippen LogP contribution in [0.2, 0.25) is 0 Å². The van der Waals surface area contributed by atoms with Crippen LogP contribution >= 0.6 is 0 Å². The molecule has 0 fully saturated rings. The molecule has 0 bridgehead atoms. The summed E-state index contributed by atoms with van der Waals surface area (Å²) >= 11 is 0. The fraction of sp³-hybridized carbons (Fsp3) is 0.356. The molecule has 7 aromatic carbocycles. The van der Waals surface area contributed by atoms with E-state index in [1.165, 1.54) is 88.3 Å². The van der Waals surface area contributed by atoms with Crippen molar-refractivity contribution < 1.29 is 4.42 Å². The molecule has 0 saturated heterocycles. The van der Waals surface area contributed by atoms with Gasteiger partial charge in [0.15, 0.2) is 0 Å². The van der Waals surface area contributed by atoms with E-state index in [1.54, 1.807) is 0 Å². The van der Waals surface area contributed by atoms with Crippen LogP contribution in [-0.2, 0) is 16.2 Å². The van der Waals surface area contributed by atoms with E-state index in [0.29, 0.717) is 17.8 Å². The molecule has 308 valence electrons. The van der Waals surface area contributed by atoms with E-state index < -0.39 is 0 Å². The molecule has 0 radical (unpaired) electrons. The van der Waals surface area contributed by atoms with E-state index in [-0.39, 0.29) is 16.2 Å². The Balaban J connectivity index is 1.32. The van der Waals surface area contributed by atoms with Crippen LogP contribution in [0, 0.1) is 0 Å². The largest absolute Gasteiger partial charge is 0.456 e. The Kier molecular flexibility index (Phi) is 10.3. The van der Waals surface area contributed by atoms with Gasteiger partial charge >= 0.3 is 0 Å². The van der Waals surface area contributed by atoms with Crippen LogP contribution in [0.4, 0.5) is 0 Å². The molecule has 0 unspecified atom stereocenters. The Labute approximate surface area is 360 Å². The van der Waals surface area contributed by atoms with Crippen LogP contribution in [0.5, 0.6) is 0 Å². The van der Waals surface area contributed by atoms with Gasteiger partial charge in [-0.25, -0.2) is 0 Å². The minimum atomic E-state index is -0.0912. The molecule has 1 heterocycles. The van der Waals surface area contributed by atoms with Crippen molar-refractivity contribution >= 4 is 43.5 Å². The first-order valence-electron chi connectivity index (χ1n) is 22.4. The third-order valence-electron chi connectivity index (χ3n) is 12.9. The SMILES string of the molecule is CC(C)c1cc(C(C)C)c(C(C)C)cc1-c1ccc2c(C(C)(C)C)c3cc(-c4ccc5oc6ccc(-c7ccc(C(C)(C)C)cc7)cc6c5c4)ccc3c(C(C)(C)C)c2c1. The third-order valence-corrected chi connectivity index (χ3v) is 12.9. The van der Waals surface area contributed by atoms with E-state index in [0.717, 1.165) is 21.9 Å². The summed E-state index contributed by atoms with van der Waals surface area (Å²) in [5.74, 6) is 1.36. The van der Waals surface area contributed by atoms with Crippen molar-refractivity contribution in [3.8, 4) is 33.4 Å². The molecular weight excluding hydrogens is 725 g/mol. The number of fused-ring (bicyclic) bond motifs is 5. The van der Waals surface area contributed by atoms with E-state index >= 15 is 0 Å². The average Bonchev–Trinajstić information content (AvgIpc) is 3.54. The Morgan fingerprint density at radius 2 is 0.717 bits per heavy atom. The smallest absolute Gasteiger partial charge is 0.135 e. The lowest BCUT2D eigenvalue weighted by Crippen LogP contribution is -2.17. The van der Waals surface area contributed by atoms with E-state index in [1.807, 2.05) is 0 Å². The van der Waals surface area contributed by atoms with Crippen LogP contribution < -0.4 is 0 Å². The molecule has 0 amide bonds. The first-order chi connectivity index (χ1) is 28.1. The van der Waals surface area contributed by atoms with E-state index in [2.05, 4.69) is 213 Å². The standard InChI is InChI=1S/C59H66O/c1-34(2)45-32-47(36(5)6)48(33-46(45)35(3)4)41-19-25-44-52(31-41)56(59(13,14)15)43-24-18-39(30-51(43)55(44)58(10,11)12)40-21-27-54-50(29-40)49-28-38(20-26-53(49)60-54)37-16-22-42(23-17-37)57(7,8)9/h16-36H,1-15H3. The highest BCUT2D eigenvalue weighted by Crippen LogP contribution is 2.47. The molecule has 0 spiro atoms. The maximum Gasteiger partial charge on any atom is 0.135 e. The first kappa shape index (κ1) is 41.6. The minimum absolute atomic E-state index is 0.0854. The Hall–Kier alpha value is -5.14. The highest BCUT2D eigenvalue weighted by molar-refractivity contribution is 6.11. The zero-order valence-corrected chi connectivity index (χ0v) is 39.0. The Morgan fingerprint density at radius 1 is 0.333 bits per heavy atom. The lowest BCUT2D eigenvalue weighted by Gasteiger charge is -2.31. The van der Waals surface area contributed by atoms with Gasteiger partial charge in [-0.05, 0) is 159 Å². The summed E-state index contributed by atoms with van der Waals surface area (Å²) in [6.07, 6.45) is 0. The maximum absolute atomic E-state index is 6.43. The highest BCUT2D eigenvalue weighted by atomic mass is 16.3. The van der Waals surface area contributed by atoms with Crippen LogP contribution in [0.25, 0.3) is 76.9 Å². The van der Waals surface area contributed by atoms with Gasteiger partial charge in [-0.15, -0.1) is 0 Å². The molecule has 0 aliphatic heterocycles. The molecule has 8 rings (SSSR count). The van der Waals surface area contributed by atoms with Gasteiger partial charge in [0, 0.05) is 10.8 Å². The van der Waals surface area contributed by atoms with Crippen molar-refractivity contribution in [3.05, 3.63) is 143 Å².